The van der Waals surface area contributed by atoms with Crippen LogP contribution in [0.3, 0.4) is 0 Å². The van der Waals surface area contributed by atoms with Crippen molar-refractivity contribution in [3.05, 3.63) is 69.2 Å². The molecule has 2 rings (SSSR count). The molecule has 0 saturated heterocycles. The number of nitrogens with zero attached hydrogens (tertiary/aromatic N) is 1. The van der Waals surface area contributed by atoms with Gasteiger partial charge in [0.05, 0.1) is 0 Å². The zero-order chi connectivity index (χ0) is 25.0. The van der Waals surface area contributed by atoms with Crippen molar-refractivity contribution in [1.82, 2.24) is 10.2 Å². The van der Waals surface area contributed by atoms with Gasteiger partial charge in [-0.15, -0.1) is 0 Å². The van der Waals surface area contributed by atoms with Crippen molar-refractivity contribution in [2.45, 2.75) is 84.8 Å². The number of hydrogen-bond donors (Lipinski definition) is 1. The number of aryl methyl sites for hydroxylation is 1. The van der Waals surface area contributed by atoms with Crippen molar-refractivity contribution in [1.29, 1.82) is 0 Å². The molecule has 0 aliphatic carbocycles. The van der Waals surface area contributed by atoms with E-state index in [2.05, 4.69) is 50.4 Å². The standard InChI is InChI=1S/C27H36Cl2N2O2/c1-18(25(33)30-27(5,6)7)31(17-20-11-14-22(28)16-23(20)29)24(32)15-10-19-8-12-21(13-9-19)26(2,3)4/h8-9,11-14,16,18H,10,15,17H2,1-7H3,(H,30,33)/t18-/m1/s1. The Labute approximate surface area is 208 Å². The topological polar surface area (TPSA) is 49.4 Å². The Kier molecular flexibility index (Phi) is 9.01. The fraction of sp³-hybridized carbons (Fsp3) is 0.481. The van der Waals surface area contributed by atoms with Gasteiger partial charge in [0.1, 0.15) is 6.04 Å². The molecule has 0 saturated carbocycles. The van der Waals surface area contributed by atoms with E-state index in [1.807, 2.05) is 20.8 Å². The van der Waals surface area contributed by atoms with Gasteiger partial charge in [-0.05, 0) is 68.4 Å². The van der Waals surface area contributed by atoms with E-state index in [1.54, 1.807) is 30.0 Å². The number of amides is 2. The summed E-state index contributed by atoms with van der Waals surface area (Å²) in [5.74, 6) is -0.298. The highest BCUT2D eigenvalue weighted by Gasteiger charge is 2.28. The van der Waals surface area contributed by atoms with Gasteiger partial charge in [-0.1, -0.05) is 74.3 Å². The molecular weight excluding hydrogens is 455 g/mol. The SMILES string of the molecule is C[C@H](C(=O)NC(C)(C)C)N(Cc1ccc(Cl)cc1Cl)C(=O)CCc1ccc(C(C)(C)C)cc1. The van der Waals surface area contributed by atoms with Gasteiger partial charge in [-0.2, -0.15) is 0 Å². The van der Waals surface area contributed by atoms with Crippen LogP contribution in [0.25, 0.3) is 0 Å². The van der Waals surface area contributed by atoms with Gasteiger partial charge in [0.2, 0.25) is 11.8 Å². The highest BCUT2D eigenvalue weighted by atomic mass is 35.5. The number of nitrogens with one attached hydrogen (secondary N) is 1. The molecule has 2 amide bonds. The van der Waals surface area contributed by atoms with Gasteiger partial charge in [0, 0.05) is 28.5 Å². The summed E-state index contributed by atoms with van der Waals surface area (Å²) < 4.78 is 0. The van der Waals surface area contributed by atoms with Gasteiger partial charge < -0.3 is 10.2 Å². The van der Waals surface area contributed by atoms with Crippen LogP contribution in [0.1, 0.15) is 71.6 Å². The maximum absolute atomic E-state index is 13.3. The summed E-state index contributed by atoms with van der Waals surface area (Å²) in [6.45, 7) is 14.3. The number of carbonyl (C=O) groups is 2. The zero-order valence-electron chi connectivity index (χ0n) is 20.8. The van der Waals surface area contributed by atoms with Crippen LogP contribution in [0, 0.1) is 0 Å². The van der Waals surface area contributed by atoms with Crippen molar-refractivity contribution in [3.63, 3.8) is 0 Å². The first-order chi connectivity index (χ1) is 15.2. The first-order valence-corrected chi connectivity index (χ1v) is 12.1. The third kappa shape index (κ3) is 8.35. The summed E-state index contributed by atoms with van der Waals surface area (Å²) in [4.78, 5) is 27.8. The Hall–Kier alpha value is -2.04. The van der Waals surface area contributed by atoms with Gasteiger partial charge in [-0.3, -0.25) is 9.59 Å². The van der Waals surface area contributed by atoms with Gasteiger partial charge in [0.15, 0.2) is 0 Å². The largest absolute Gasteiger partial charge is 0.350 e. The first kappa shape index (κ1) is 27.2. The Morgan fingerprint density at radius 2 is 1.58 bits per heavy atom. The molecule has 2 aromatic rings. The fourth-order valence-electron chi connectivity index (χ4n) is 3.46. The summed E-state index contributed by atoms with van der Waals surface area (Å²) in [6, 6.07) is 12.9. The normalized spacial score (nSPS) is 12.9. The van der Waals surface area contributed by atoms with Crippen LogP contribution in [0.2, 0.25) is 10.0 Å². The zero-order valence-corrected chi connectivity index (χ0v) is 22.3. The van der Waals surface area contributed by atoms with Crippen LogP contribution in [-0.4, -0.2) is 28.3 Å². The molecule has 0 heterocycles. The Morgan fingerprint density at radius 3 is 2.09 bits per heavy atom. The molecule has 0 bridgehead atoms. The second-order valence-corrected chi connectivity index (χ2v) is 11.5. The molecule has 0 unspecified atom stereocenters. The second kappa shape index (κ2) is 10.9. The van der Waals surface area contributed by atoms with E-state index >= 15 is 0 Å². The average molecular weight is 492 g/mol. The van der Waals surface area contributed by atoms with Gasteiger partial charge >= 0.3 is 0 Å². The highest BCUT2D eigenvalue weighted by molar-refractivity contribution is 6.35. The van der Waals surface area contributed by atoms with Crippen LogP contribution in [-0.2, 0) is 28.0 Å². The van der Waals surface area contributed by atoms with Gasteiger partial charge in [-0.25, -0.2) is 0 Å². The summed E-state index contributed by atoms with van der Waals surface area (Å²) in [5.41, 5.74) is 2.78. The molecular formula is C27H36Cl2N2O2. The van der Waals surface area contributed by atoms with Gasteiger partial charge in [0.25, 0.3) is 0 Å². The monoisotopic (exact) mass is 490 g/mol. The number of benzene rings is 2. The van der Waals surface area contributed by atoms with Crippen molar-refractivity contribution < 1.29 is 9.59 Å². The minimum absolute atomic E-state index is 0.0822. The number of halogens is 2. The van der Waals surface area contributed by atoms with E-state index in [1.165, 1.54) is 5.56 Å². The molecule has 0 fully saturated rings. The average Bonchev–Trinajstić information content (AvgIpc) is 2.69. The van der Waals surface area contributed by atoms with Crippen LogP contribution in [0.4, 0.5) is 0 Å². The third-order valence-corrected chi connectivity index (χ3v) is 6.06. The summed E-state index contributed by atoms with van der Waals surface area (Å²) in [7, 11) is 0. The predicted octanol–water partition coefficient (Wildman–Crippen LogP) is 6.56. The lowest BCUT2D eigenvalue weighted by molar-refractivity contribution is -0.141. The van der Waals surface area contributed by atoms with Crippen molar-refractivity contribution in [2.24, 2.45) is 0 Å². The number of hydrogen-bond acceptors (Lipinski definition) is 2. The van der Waals surface area contributed by atoms with E-state index in [9.17, 15) is 9.59 Å². The Bertz CT molecular complexity index is 973. The number of rotatable bonds is 7. The number of carbonyl (C=O) groups excluding carboxylic acids is 2. The minimum atomic E-state index is -0.647. The Morgan fingerprint density at radius 1 is 0.970 bits per heavy atom. The molecule has 0 aliphatic heterocycles. The van der Waals surface area contributed by atoms with Crippen molar-refractivity contribution in [2.75, 3.05) is 0 Å². The summed E-state index contributed by atoms with van der Waals surface area (Å²) in [6.07, 6.45) is 0.898. The smallest absolute Gasteiger partial charge is 0.242 e. The van der Waals surface area contributed by atoms with Crippen LogP contribution < -0.4 is 5.32 Å². The van der Waals surface area contributed by atoms with E-state index < -0.39 is 11.6 Å². The molecule has 1 atom stereocenters. The molecule has 2 aromatic carbocycles. The maximum atomic E-state index is 13.3. The maximum Gasteiger partial charge on any atom is 0.242 e. The second-order valence-electron chi connectivity index (χ2n) is 10.6. The third-order valence-electron chi connectivity index (χ3n) is 5.47. The summed E-state index contributed by atoms with van der Waals surface area (Å²) in [5, 5.41) is 3.97. The molecule has 0 radical (unpaired) electrons. The molecule has 6 heteroatoms. The lowest BCUT2D eigenvalue weighted by atomic mass is 9.86. The molecule has 180 valence electrons. The summed E-state index contributed by atoms with van der Waals surface area (Å²) >= 11 is 12.4. The molecule has 0 aliphatic rings. The fourth-order valence-corrected chi connectivity index (χ4v) is 3.92. The van der Waals surface area contributed by atoms with E-state index in [0.717, 1.165) is 11.1 Å². The minimum Gasteiger partial charge on any atom is -0.350 e. The quantitative estimate of drug-likeness (QED) is 0.477. The molecule has 1 N–H and O–H groups in total. The van der Waals surface area contributed by atoms with Crippen LogP contribution >= 0.6 is 23.2 Å². The molecule has 4 nitrogen and oxygen atoms in total. The first-order valence-electron chi connectivity index (χ1n) is 11.3. The van der Waals surface area contributed by atoms with Crippen LogP contribution in [0.5, 0.6) is 0 Å². The van der Waals surface area contributed by atoms with E-state index in [0.29, 0.717) is 22.9 Å². The molecule has 0 spiro atoms. The van der Waals surface area contributed by atoms with Crippen molar-refractivity contribution in [3.8, 4) is 0 Å². The Balaban J connectivity index is 2.20. The van der Waals surface area contributed by atoms with Crippen molar-refractivity contribution >= 4 is 35.0 Å². The lowest BCUT2D eigenvalue weighted by Crippen LogP contribution is -2.52. The van der Waals surface area contributed by atoms with Crippen LogP contribution in [0.15, 0.2) is 42.5 Å². The highest BCUT2D eigenvalue weighted by Crippen LogP contribution is 2.25. The molecule has 0 aromatic heterocycles. The lowest BCUT2D eigenvalue weighted by Gasteiger charge is -2.32. The predicted molar refractivity (Wildman–Crippen MR) is 138 cm³/mol. The molecule has 33 heavy (non-hydrogen) atoms. The van der Waals surface area contributed by atoms with E-state index in [-0.39, 0.29) is 23.8 Å². The van der Waals surface area contributed by atoms with E-state index in [4.69, 9.17) is 23.2 Å².